The fourth-order valence-electron chi connectivity index (χ4n) is 2.28. The number of unbranched alkanes of at least 4 members (excludes halogenated alkanes) is 2. The number of aromatic amines is 1. The number of rotatable bonds is 7. The van der Waals surface area contributed by atoms with Crippen molar-refractivity contribution in [1.29, 1.82) is 0 Å². The lowest BCUT2D eigenvalue weighted by Gasteiger charge is -2.27. The third-order valence-corrected chi connectivity index (χ3v) is 3.77. The van der Waals surface area contributed by atoms with Crippen molar-refractivity contribution in [2.45, 2.75) is 65.0 Å². The maximum absolute atomic E-state index is 5.35. The maximum Gasteiger partial charge on any atom is 0.226 e. The summed E-state index contributed by atoms with van der Waals surface area (Å²) in [6.45, 7) is 7.75. The topological polar surface area (TPSA) is 36.9 Å². The highest BCUT2D eigenvalue weighted by molar-refractivity contribution is 7.71. The molecule has 1 aliphatic rings. The zero-order chi connectivity index (χ0) is 13.1. The van der Waals surface area contributed by atoms with Crippen LogP contribution in [-0.2, 0) is 0 Å². The third-order valence-electron chi connectivity index (χ3n) is 3.48. The minimum Gasteiger partial charge on any atom is -0.339 e. The quantitative estimate of drug-likeness (QED) is 0.605. The van der Waals surface area contributed by atoms with Crippen molar-refractivity contribution < 1.29 is 0 Å². The molecule has 0 bridgehead atoms. The Morgan fingerprint density at radius 1 is 1.44 bits per heavy atom. The van der Waals surface area contributed by atoms with Crippen LogP contribution in [0.4, 0.5) is 5.95 Å². The molecule has 0 aliphatic heterocycles. The van der Waals surface area contributed by atoms with E-state index in [4.69, 9.17) is 12.2 Å². The van der Waals surface area contributed by atoms with Crippen LogP contribution in [0.5, 0.6) is 0 Å². The number of hydrogen-bond acceptors (Lipinski definition) is 3. The highest BCUT2D eigenvalue weighted by Gasteiger charge is 2.29. The van der Waals surface area contributed by atoms with E-state index in [-0.39, 0.29) is 0 Å². The predicted octanol–water partition coefficient (Wildman–Crippen LogP) is 3.68. The molecule has 18 heavy (non-hydrogen) atoms. The second kappa shape index (κ2) is 5.87. The van der Waals surface area contributed by atoms with Crippen molar-refractivity contribution in [3.05, 3.63) is 4.77 Å². The first kappa shape index (κ1) is 13.6. The molecule has 2 rings (SSSR count). The van der Waals surface area contributed by atoms with Crippen molar-refractivity contribution in [3.63, 3.8) is 0 Å². The molecular weight excluding hydrogens is 244 g/mol. The van der Waals surface area contributed by atoms with E-state index in [1.807, 2.05) is 0 Å². The smallest absolute Gasteiger partial charge is 0.226 e. The normalized spacial score (nSPS) is 15.3. The Hall–Kier alpha value is -0.840. The molecule has 5 heteroatoms. The average Bonchev–Trinajstić information content (AvgIpc) is 3.09. The molecular formula is C13H24N4S. The molecule has 0 saturated heterocycles. The zero-order valence-electron chi connectivity index (χ0n) is 11.6. The van der Waals surface area contributed by atoms with Crippen molar-refractivity contribution in [2.75, 3.05) is 11.4 Å². The van der Waals surface area contributed by atoms with Gasteiger partial charge in [-0.15, -0.1) is 5.10 Å². The second-order valence-electron chi connectivity index (χ2n) is 5.42. The Labute approximate surface area is 114 Å². The zero-order valence-corrected chi connectivity index (χ0v) is 12.5. The summed E-state index contributed by atoms with van der Waals surface area (Å²) < 4.78 is 2.98. The SMILES string of the molecule is CCCCCN(c1n[nH]c(=S)n1C1CC1)C(C)C. The van der Waals surface area contributed by atoms with Gasteiger partial charge in [0.25, 0.3) is 0 Å². The molecule has 1 aromatic heterocycles. The molecule has 1 saturated carbocycles. The lowest BCUT2D eigenvalue weighted by molar-refractivity contribution is 0.589. The van der Waals surface area contributed by atoms with Crippen molar-refractivity contribution >= 4 is 18.2 Å². The largest absolute Gasteiger partial charge is 0.339 e. The van der Waals surface area contributed by atoms with Gasteiger partial charge in [0, 0.05) is 18.6 Å². The van der Waals surface area contributed by atoms with E-state index in [9.17, 15) is 0 Å². The second-order valence-corrected chi connectivity index (χ2v) is 5.81. The molecule has 1 aromatic rings. The van der Waals surface area contributed by atoms with E-state index in [1.54, 1.807) is 0 Å². The van der Waals surface area contributed by atoms with Crippen LogP contribution < -0.4 is 4.90 Å². The minimum absolute atomic E-state index is 0.463. The summed E-state index contributed by atoms with van der Waals surface area (Å²) >= 11 is 5.35. The first-order chi connectivity index (χ1) is 8.65. The molecule has 1 N–H and O–H groups in total. The van der Waals surface area contributed by atoms with Crippen LogP contribution in [0, 0.1) is 4.77 Å². The summed E-state index contributed by atoms with van der Waals surface area (Å²) in [6, 6.07) is 1.04. The summed E-state index contributed by atoms with van der Waals surface area (Å²) in [7, 11) is 0. The summed E-state index contributed by atoms with van der Waals surface area (Å²) in [5.74, 6) is 1.04. The molecule has 0 aromatic carbocycles. The van der Waals surface area contributed by atoms with Crippen LogP contribution in [0.3, 0.4) is 0 Å². The number of aromatic nitrogens is 3. The Bertz CT molecular complexity index is 430. The summed E-state index contributed by atoms with van der Waals surface area (Å²) in [5.41, 5.74) is 0. The number of nitrogens with one attached hydrogen (secondary N) is 1. The van der Waals surface area contributed by atoms with E-state index >= 15 is 0 Å². The molecule has 1 heterocycles. The molecule has 102 valence electrons. The monoisotopic (exact) mass is 268 g/mol. The first-order valence-electron chi connectivity index (χ1n) is 7.08. The molecule has 1 fully saturated rings. The van der Waals surface area contributed by atoms with Crippen LogP contribution in [0.15, 0.2) is 0 Å². The van der Waals surface area contributed by atoms with Crippen LogP contribution in [0.25, 0.3) is 0 Å². The van der Waals surface area contributed by atoms with Crippen LogP contribution in [0.2, 0.25) is 0 Å². The summed E-state index contributed by atoms with van der Waals surface area (Å²) in [5, 5.41) is 7.41. The summed E-state index contributed by atoms with van der Waals surface area (Å²) in [6.07, 6.45) is 6.22. The van der Waals surface area contributed by atoms with E-state index in [2.05, 4.69) is 40.4 Å². The van der Waals surface area contributed by atoms with Crippen molar-refractivity contribution in [3.8, 4) is 0 Å². The van der Waals surface area contributed by atoms with Crippen molar-refractivity contribution in [1.82, 2.24) is 14.8 Å². The van der Waals surface area contributed by atoms with Gasteiger partial charge >= 0.3 is 0 Å². The Kier molecular flexibility index (Phi) is 4.43. The van der Waals surface area contributed by atoms with Gasteiger partial charge in [0.1, 0.15) is 0 Å². The van der Waals surface area contributed by atoms with Gasteiger partial charge in [-0.1, -0.05) is 19.8 Å². The minimum atomic E-state index is 0.463. The number of nitrogens with zero attached hydrogens (tertiary/aromatic N) is 3. The van der Waals surface area contributed by atoms with Crippen LogP contribution in [0.1, 0.15) is 58.9 Å². The Morgan fingerprint density at radius 2 is 2.17 bits per heavy atom. The Balaban J connectivity index is 2.17. The third kappa shape index (κ3) is 2.94. The van der Waals surface area contributed by atoms with Gasteiger partial charge in [0.05, 0.1) is 0 Å². The molecule has 0 amide bonds. The fraction of sp³-hybridized carbons (Fsp3) is 0.846. The number of H-pyrrole nitrogens is 1. The van der Waals surface area contributed by atoms with Gasteiger partial charge in [-0.3, -0.25) is 4.57 Å². The summed E-state index contributed by atoms with van der Waals surface area (Å²) in [4.78, 5) is 2.38. The van der Waals surface area contributed by atoms with E-state index in [0.717, 1.165) is 17.3 Å². The van der Waals surface area contributed by atoms with Gasteiger partial charge in [-0.2, -0.15) is 0 Å². The standard InChI is InChI=1S/C13H24N4S/c1-4-5-6-9-16(10(2)3)12-14-15-13(18)17(12)11-7-8-11/h10-11H,4-9H2,1-3H3,(H,15,18). The highest BCUT2D eigenvalue weighted by atomic mass is 32.1. The molecule has 0 spiro atoms. The fourth-order valence-corrected chi connectivity index (χ4v) is 2.56. The maximum atomic E-state index is 5.35. The molecule has 0 atom stereocenters. The van der Waals surface area contributed by atoms with Crippen LogP contribution in [-0.4, -0.2) is 27.4 Å². The lowest BCUT2D eigenvalue weighted by atomic mass is 10.2. The van der Waals surface area contributed by atoms with E-state index in [0.29, 0.717) is 12.1 Å². The van der Waals surface area contributed by atoms with Crippen molar-refractivity contribution in [2.24, 2.45) is 0 Å². The molecule has 0 radical (unpaired) electrons. The first-order valence-corrected chi connectivity index (χ1v) is 7.49. The Morgan fingerprint density at radius 3 is 2.72 bits per heavy atom. The van der Waals surface area contributed by atoms with Gasteiger partial charge in [-0.05, 0) is 45.3 Å². The molecule has 4 nitrogen and oxygen atoms in total. The average molecular weight is 268 g/mol. The van der Waals surface area contributed by atoms with Gasteiger partial charge < -0.3 is 4.90 Å². The van der Waals surface area contributed by atoms with Gasteiger partial charge in [0.2, 0.25) is 5.95 Å². The van der Waals surface area contributed by atoms with E-state index in [1.165, 1.54) is 32.1 Å². The van der Waals surface area contributed by atoms with E-state index < -0.39 is 0 Å². The molecule has 1 aliphatic carbocycles. The highest BCUT2D eigenvalue weighted by Crippen LogP contribution is 2.38. The van der Waals surface area contributed by atoms with Gasteiger partial charge in [-0.25, -0.2) is 5.10 Å². The van der Waals surface area contributed by atoms with Crippen LogP contribution >= 0.6 is 12.2 Å². The lowest BCUT2D eigenvalue weighted by Crippen LogP contribution is -2.34. The number of hydrogen-bond donors (Lipinski definition) is 1. The number of anilines is 1. The van der Waals surface area contributed by atoms with Gasteiger partial charge in [0.15, 0.2) is 4.77 Å². The molecule has 0 unspecified atom stereocenters. The predicted molar refractivity (Wildman–Crippen MR) is 77.7 cm³/mol.